The Morgan fingerprint density at radius 1 is 1.33 bits per heavy atom. The first-order chi connectivity index (χ1) is 7.86. The van der Waals surface area contributed by atoms with Crippen LogP contribution in [-0.2, 0) is 15.8 Å². The number of hydrogen-bond donors (Lipinski definition) is 1. The first-order valence-electron chi connectivity index (χ1n) is 5.27. The van der Waals surface area contributed by atoms with Crippen molar-refractivity contribution in [2.75, 3.05) is 13.6 Å². The molecule has 2 N–H and O–H groups in total. The summed E-state index contributed by atoms with van der Waals surface area (Å²) in [6, 6.07) is 5.18. The van der Waals surface area contributed by atoms with Gasteiger partial charge in [-0.25, -0.2) is 17.1 Å². The standard InChI is InChI=1S/C11H17FN2O2S.ClH/c1-9(7-13)14(2)17(15,16)8-10-3-5-11(12)6-4-10;/h3-6,9H,7-8,13H2,1-2H3;1H. The molecule has 0 aliphatic heterocycles. The summed E-state index contributed by atoms with van der Waals surface area (Å²) in [5.41, 5.74) is 5.99. The van der Waals surface area contributed by atoms with Crippen LogP contribution in [0.3, 0.4) is 0 Å². The molecule has 0 fully saturated rings. The number of halogens is 2. The van der Waals surface area contributed by atoms with E-state index in [0.717, 1.165) is 0 Å². The van der Waals surface area contributed by atoms with Crippen molar-refractivity contribution in [1.29, 1.82) is 0 Å². The van der Waals surface area contributed by atoms with Gasteiger partial charge in [-0.2, -0.15) is 0 Å². The van der Waals surface area contributed by atoms with Crippen molar-refractivity contribution < 1.29 is 12.8 Å². The molecule has 0 bridgehead atoms. The second-order valence-corrected chi connectivity index (χ2v) is 6.01. The number of sulfonamides is 1. The minimum atomic E-state index is -3.41. The maximum absolute atomic E-state index is 12.7. The Labute approximate surface area is 113 Å². The lowest BCUT2D eigenvalue weighted by molar-refractivity contribution is 0.394. The SMILES string of the molecule is CC(CN)N(C)S(=O)(=O)Cc1ccc(F)cc1.Cl. The van der Waals surface area contributed by atoms with E-state index in [0.29, 0.717) is 5.56 Å². The molecule has 7 heteroatoms. The molecule has 0 saturated heterocycles. The number of hydrogen-bond acceptors (Lipinski definition) is 3. The Morgan fingerprint density at radius 2 is 1.83 bits per heavy atom. The fourth-order valence-corrected chi connectivity index (χ4v) is 2.77. The van der Waals surface area contributed by atoms with Crippen LogP contribution in [0.15, 0.2) is 24.3 Å². The van der Waals surface area contributed by atoms with Crippen molar-refractivity contribution in [2.24, 2.45) is 5.73 Å². The van der Waals surface area contributed by atoms with Gasteiger partial charge in [-0.1, -0.05) is 12.1 Å². The van der Waals surface area contributed by atoms with Crippen molar-refractivity contribution in [3.05, 3.63) is 35.6 Å². The molecule has 0 heterocycles. The molecule has 18 heavy (non-hydrogen) atoms. The molecule has 0 radical (unpaired) electrons. The van der Waals surface area contributed by atoms with Crippen LogP contribution >= 0.6 is 12.4 Å². The first-order valence-corrected chi connectivity index (χ1v) is 6.88. The van der Waals surface area contributed by atoms with Crippen molar-refractivity contribution in [2.45, 2.75) is 18.7 Å². The Kier molecular flexibility index (Phi) is 6.77. The lowest BCUT2D eigenvalue weighted by Crippen LogP contribution is -2.40. The van der Waals surface area contributed by atoms with Crippen LogP contribution in [-0.4, -0.2) is 32.4 Å². The summed E-state index contributed by atoms with van der Waals surface area (Å²) in [6.07, 6.45) is 0. The molecule has 0 spiro atoms. The summed E-state index contributed by atoms with van der Waals surface area (Å²) in [5, 5.41) is 0. The number of nitrogens with zero attached hydrogens (tertiary/aromatic N) is 1. The largest absolute Gasteiger partial charge is 0.329 e. The van der Waals surface area contributed by atoms with E-state index in [1.807, 2.05) is 0 Å². The lowest BCUT2D eigenvalue weighted by Gasteiger charge is -2.22. The summed E-state index contributed by atoms with van der Waals surface area (Å²) in [6.45, 7) is 2.00. The normalized spacial score (nSPS) is 13.2. The molecule has 0 amide bonds. The van der Waals surface area contributed by atoms with E-state index < -0.39 is 10.0 Å². The maximum Gasteiger partial charge on any atom is 0.218 e. The van der Waals surface area contributed by atoms with Crippen molar-refractivity contribution in [3.63, 3.8) is 0 Å². The Bertz CT molecular complexity index is 464. The summed E-state index contributed by atoms with van der Waals surface area (Å²) in [7, 11) is -1.91. The van der Waals surface area contributed by atoms with Gasteiger partial charge in [-0.15, -0.1) is 12.4 Å². The highest BCUT2D eigenvalue weighted by atomic mass is 35.5. The molecule has 0 aromatic heterocycles. The Balaban J connectivity index is 0.00000289. The average Bonchev–Trinajstić information content (AvgIpc) is 2.30. The zero-order chi connectivity index (χ0) is 13.1. The van der Waals surface area contributed by atoms with Crippen LogP contribution in [0.5, 0.6) is 0 Å². The van der Waals surface area contributed by atoms with Gasteiger partial charge < -0.3 is 5.73 Å². The highest BCUT2D eigenvalue weighted by Gasteiger charge is 2.22. The number of likely N-dealkylation sites (N-methyl/N-ethyl adjacent to an activating group) is 1. The van der Waals surface area contributed by atoms with Gasteiger partial charge in [-0.05, 0) is 24.6 Å². The fraction of sp³-hybridized carbons (Fsp3) is 0.455. The fourth-order valence-electron chi connectivity index (χ4n) is 1.32. The second kappa shape index (κ2) is 7.04. The van der Waals surface area contributed by atoms with E-state index in [2.05, 4.69) is 0 Å². The van der Waals surface area contributed by atoms with Gasteiger partial charge in [0.1, 0.15) is 5.82 Å². The monoisotopic (exact) mass is 296 g/mol. The van der Waals surface area contributed by atoms with Gasteiger partial charge in [0, 0.05) is 19.6 Å². The molecule has 1 rings (SSSR count). The predicted octanol–water partition coefficient (Wildman–Crippen LogP) is 1.36. The minimum absolute atomic E-state index is 0. The molecule has 0 aliphatic carbocycles. The number of rotatable bonds is 5. The van der Waals surface area contributed by atoms with E-state index in [4.69, 9.17) is 5.73 Å². The molecule has 1 atom stereocenters. The summed E-state index contributed by atoms with van der Waals surface area (Å²) < 4.78 is 37.9. The molecule has 1 unspecified atom stereocenters. The highest BCUT2D eigenvalue weighted by molar-refractivity contribution is 7.88. The number of benzene rings is 1. The smallest absolute Gasteiger partial charge is 0.218 e. The van der Waals surface area contributed by atoms with Gasteiger partial charge in [0.2, 0.25) is 10.0 Å². The van der Waals surface area contributed by atoms with Gasteiger partial charge in [-0.3, -0.25) is 0 Å². The molecule has 0 saturated carbocycles. The minimum Gasteiger partial charge on any atom is -0.329 e. The molecular formula is C11H18ClFN2O2S. The third kappa shape index (κ3) is 4.53. The zero-order valence-electron chi connectivity index (χ0n) is 10.3. The topological polar surface area (TPSA) is 63.4 Å². The molecule has 0 aliphatic rings. The van der Waals surface area contributed by atoms with Crippen molar-refractivity contribution >= 4 is 22.4 Å². The third-order valence-corrected chi connectivity index (χ3v) is 4.60. The highest BCUT2D eigenvalue weighted by Crippen LogP contribution is 2.12. The predicted molar refractivity (Wildman–Crippen MR) is 72.6 cm³/mol. The van der Waals surface area contributed by atoms with Crippen LogP contribution < -0.4 is 5.73 Å². The molecule has 1 aromatic rings. The Morgan fingerprint density at radius 3 is 2.28 bits per heavy atom. The van der Waals surface area contributed by atoms with Crippen LogP contribution in [0.4, 0.5) is 4.39 Å². The molecule has 1 aromatic carbocycles. The van der Waals surface area contributed by atoms with E-state index in [1.54, 1.807) is 6.92 Å². The van der Waals surface area contributed by atoms with Crippen LogP contribution in [0, 0.1) is 5.82 Å². The van der Waals surface area contributed by atoms with E-state index in [-0.39, 0.29) is 36.6 Å². The van der Waals surface area contributed by atoms with Crippen molar-refractivity contribution in [1.82, 2.24) is 4.31 Å². The van der Waals surface area contributed by atoms with Crippen LogP contribution in [0.25, 0.3) is 0 Å². The van der Waals surface area contributed by atoms with E-state index in [9.17, 15) is 12.8 Å². The maximum atomic E-state index is 12.7. The van der Waals surface area contributed by atoms with E-state index >= 15 is 0 Å². The summed E-state index contributed by atoms with van der Waals surface area (Å²) >= 11 is 0. The summed E-state index contributed by atoms with van der Waals surface area (Å²) in [5.74, 6) is -0.525. The molecular weight excluding hydrogens is 279 g/mol. The van der Waals surface area contributed by atoms with E-state index in [1.165, 1.54) is 35.6 Å². The van der Waals surface area contributed by atoms with Crippen molar-refractivity contribution in [3.8, 4) is 0 Å². The second-order valence-electron chi connectivity index (χ2n) is 3.98. The molecule has 104 valence electrons. The summed E-state index contributed by atoms with van der Waals surface area (Å²) in [4.78, 5) is 0. The van der Waals surface area contributed by atoms with Crippen LogP contribution in [0.2, 0.25) is 0 Å². The van der Waals surface area contributed by atoms with Gasteiger partial charge in [0.25, 0.3) is 0 Å². The van der Waals surface area contributed by atoms with Crippen LogP contribution in [0.1, 0.15) is 12.5 Å². The quantitative estimate of drug-likeness (QED) is 0.892. The lowest BCUT2D eigenvalue weighted by atomic mass is 10.2. The van der Waals surface area contributed by atoms with Gasteiger partial charge >= 0.3 is 0 Å². The zero-order valence-corrected chi connectivity index (χ0v) is 12.0. The van der Waals surface area contributed by atoms with Gasteiger partial charge in [0.15, 0.2) is 0 Å². The number of nitrogens with two attached hydrogens (primary N) is 1. The molecule has 4 nitrogen and oxygen atoms in total. The van der Waals surface area contributed by atoms with Gasteiger partial charge in [0.05, 0.1) is 5.75 Å². The first kappa shape index (κ1) is 17.3. The third-order valence-electron chi connectivity index (χ3n) is 2.66. The Hall–Kier alpha value is -0.690. The average molecular weight is 297 g/mol.